The van der Waals surface area contributed by atoms with E-state index in [-0.39, 0.29) is 28.5 Å². The van der Waals surface area contributed by atoms with Gasteiger partial charge in [-0.15, -0.1) is 11.8 Å². The molecule has 5 aliphatic rings. The third kappa shape index (κ3) is 13.4. The number of thioether (sulfide) groups is 1. The SMILES string of the molecule is CC1(C)CCC(c2ccc(Cl)cc2)=C(CN2CCN3c4ccc(C(=O)NS(=O)(=O)c5ccc(N[C@H](CCN6CC7(CCN(C(=O)OC(C)(C)C)CC7)C6)CSc6ccccc6)c(S(=O)(=O)C(F)(F)F)c5)cc4OC[C@@H]3C2)C1. The molecule has 1 aliphatic carbocycles. The number of carbonyl (C=O) groups is 2. The molecule has 0 aromatic heterocycles. The molecule has 0 bridgehead atoms. The van der Waals surface area contributed by atoms with Gasteiger partial charge >= 0.3 is 11.6 Å². The van der Waals surface area contributed by atoms with Crippen molar-refractivity contribution in [3.8, 4) is 5.75 Å². The molecular formula is C56H68ClF3N6O8S3. The van der Waals surface area contributed by atoms with Crippen molar-refractivity contribution in [2.75, 3.05) is 81.5 Å². The first kappa shape index (κ1) is 56.7. The largest absolute Gasteiger partial charge is 0.501 e. The highest BCUT2D eigenvalue weighted by atomic mass is 35.5. The van der Waals surface area contributed by atoms with Gasteiger partial charge in [0.15, 0.2) is 0 Å². The van der Waals surface area contributed by atoms with E-state index in [0.29, 0.717) is 61.8 Å². The van der Waals surface area contributed by atoms with Crippen LogP contribution in [-0.2, 0) is 24.6 Å². The lowest BCUT2D eigenvalue weighted by Crippen LogP contribution is -2.61. The summed E-state index contributed by atoms with van der Waals surface area (Å²) in [6, 6.07) is 23.9. The van der Waals surface area contributed by atoms with Gasteiger partial charge in [0.25, 0.3) is 25.8 Å². The minimum atomic E-state index is -6.12. The first-order valence-electron chi connectivity index (χ1n) is 26.2. The number of sulfonamides is 1. The Morgan fingerprint density at radius 2 is 1.60 bits per heavy atom. The van der Waals surface area contributed by atoms with E-state index >= 15 is 0 Å². The van der Waals surface area contributed by atoms with E-state index in [9.17, 15) is 39.6 Å². The Balaban J connectivity index is 0.864. The summed E-state index contributed by atoms with van der Waals surface area (Å²) in [7, 11) is -11.1. The van der Waals surface area contributed by atoms with E-state index in [1.807, 2.05) is 68.0 Å². The number of piperazine rings is 1. The van der Waals surface area contributed by atoms with E-state index < -0.39 is 58.4 Å². The highest BCUT2D eigenvalue weighted by Crippen LogP contribution is 2.45. The normalized spacial score (nSPS) is 20.4. The molecule has 4 heterocycles. The van der Waals surface area contributed by atoms with Gasteiger partial charge in [0, 0.05) is 86.2 Å². The number of sulfone groups is 1. The number of fused-ring (bicyclic) bond motifs is 3. The first-order valence-corrected chi connectivity index (χ1v) is 30.5. The third-order valence-electron chi connectivity index (χ3n) is 15.3. The summed E-state index contributed by atoms with van der Waals surface area (Å²) in [5.74, 6) is -0.365. The van der Waals surface area contributed by atoms with Crippen molar-refractivity contribution in [3.05, 3.63) is 113 Å². The number of alkyl halides is 3. The number of nitrogens with one attached hydrogen (secondary N) is 2. The van der Waals surface area contributed by atoms with Crippen LogP contribution in [0.5, 0.6) is 5.75 Å². The van der Waals surface area contributed by atoms with Gasteiger partial charge in [0.05, 0.1) is 22.3 Å². The lowest BCUT2D eigenvalue weighted by atomic mass is 9.72. The number of amides is 2. The molecule has 1 spiro atoms. The van der Waals surface area contributed by atoms with Crippen molar-refractivity contribution >= 4 is 72.2 Å². The smallest absolute Gasteiger partial charge is 0.489 e. The van der Waals surface area contributed by atoms with Crippen LogP contribution in [0.15, 0.2) is 111 Å². The summed E-state index contributed by atoms with van der Waals surface area (Å²) in [4.78, 5) is 33.8. The highest BCUT2D eigenvalue weighted by molar-refractivity contribution is 7.99. The van der Waals surface area contributed by atoms with Crippen LogP contribution in [-0.4, -0.2) is 138 Å². The Kier molecular flexibility index (Phi) is 16.4. The number of ether oxygens (including phenoxy) is 2. The molecule has 2 amide bonds. The molecule has 4 aliphatic heterocycles. The van der Waals surface area contributed by atoms with Gasteiger partial charge in [0.1, 0.15) is 22.9 Å². The van der Waals surface area contributed by atoms with E-state index in [1.54, 1.807) is 11.0 Å². The van der Waals surface area contributed by atoms with Gasteiger partial charge < -0.3 is 29.5 Å². The van der Waals surface area contributed by atoms with Crippen LogP contribution in [0.4, 0.5) is 29.3 Å². The molecule has 2 N–H and O–H groups in total. The highest BCUT2D eigenvalue weighted by Gasteiger charge is 2.49. The maximum Gasteiger partial charge on any atom is 0.501 e. The summed E-state index contributed by atoms with van der Waals surface area (Å²) in [5, 5.41) is 3.74. The topological polar surface area (TPSA) is 158 Å². The lowest BCUT2D eigenvalue weighted by Gasteiger charge is -2.54. The van der Waals surface area contributed by atoms with E-state index in [2.05, 4.69) is 46.0 Å². The van der Waals surface area contributed by atoms with Crippen molar-refractivity contribution in [2.24, 2.45) is 10.8 Å². The number of nitrogens with zero attached hydrogens (tertiary/aromatic N) is 4. The Hall–Kier alpha value is -4.99. The zero-order chi connectivity index (χ0) is 55.1. The van der Waals surface area contributed by atoms with Gasteiger partial charge in [-0.1, -0.05) is 61.4 Å². The van der Waals surface area contributed by atoms with E-state index in [1.165, 1.54) is 40.6 Å². The number of hydrogen-bond acceptors (Lipinski definition) is 13. The average molecular weight is 1140 g/mol. The number of hydrogen-bond donors (Lipinski definition) is 2. The van der Waals surface area contributed by atoms with Crippen molar-refractivity contribution in [1.29, 1.82) is 0 Å². The van der Waals surface area contributed by atoms with E-state index in [4.69, 9.17) is 21.1 Å². The predicted octanol–water partition coefficient (Wildman–Crippen LogP) is 10.6. The number of halogens is 4. The fraction of sp³-hybridized carbons (Fsp3) is 0.500. The molecule has 3 saturated heterocycles. The second-order valence-electron chi connectivity index (χ2n) is 23.0. The van der Waals surface area contributed by atoms with Gasteiger partial charge in [-0.05, 0) is 142 Å². The number of allylic oxidation sites excluding steroid dienone is 1. The number of likely N-dealkylation sites (tertiary alicyclic amines) is 2. The molecular weight excluding hydrogens is 1070 g/mol. The van der Waals surface area contributed by atoms with Crippen molar-refractivity contribution < 1.29 is 49.1 Å². The molecule has 0 unspecified atom stereocenters. The molecule has 2 atom stereocenters. The fourth-order valence-corrected chi connectivity index (χ4v) is 14.4. The Labute approximate surface area is 460 Å². The van der Waals surface area contributed by atoms with Gasteiger partial charge in [-0.3, -0.25) is 9.69 Å². The molecule has 416 valence electrons. The van der Waals surface area contributed by atoms with Crippen molar-refractivity contribution in [1.82, 2.24) is 19.4 Å². The van der Waals surface area contributed by atoms with Gasteiger partial charge in [-0.2, -0.15) is 13.2 Å². The number of rotatable bonds is 15. The van der Waals surface area contributed by atoms with Crippen molar-refractivity contribution in [2.45, 2.75) is 111 Å². The van der Waals surface area contributed by atoms with Crippen LogP contribution < -0.4 is 19.7 Å². The number of piperidine rings is 1. The maximum absolute atomic E-state index is 14.5. The second kappa shape index (κ2) is 22.3. The van der Waals surface area contributed by atoms with Crippen LogP contribution in [0, 0.1) is 10.8 Å². The summed E-state index contributed by atoms with van der Waals surface area (Å²) >= 11 is 7.67. The van der Waals surface area contributed by atoms with Crippen LogP contribution in [0.25, 0.3) is 5.57 Å². The molecule has 14 nitrogen and oxygen atoms in total. The standard InChI is InChI=1S/C56H68ClF3N6O8S3/c1-53(2,3)74-52(68)65-25-22-55(23-26-65)36-64(37-55)24-20-42(35-75-44-9-7-6-8-10-44)61-47-17-16-45(30-50(47)76(69,70)56(58,59)60)77(71,72)62-51(67)39-13-18-48-49(29-39)73-34-43-33-63(27-28-66(43)48)32-40-31-54(4,5)21-19-46(40)38-11-14-41(57)15-12-38/h6-18,29-30,42-43,61H,19-28,31-37H2,1-5H3,(H,62,67)/t42-,43+/m1/s1. The van der Waals surface area contributed by atoms with Crippen LogP contribution in [0.3, 0.4) is 0 Å². The summed E-state index contributed by atoms with van der Waals surface area (Å²) in [5.41, 5.74) is -1.94. The molecule has 0 saturated carbocycles. The summed E-state index contributed by atoms with van der Waals surface area (Å²) in [6.07, 6.45) is 4.75. The zero-order valence-corrected chi connectivity index (χ0v) is 47.3. The Morgan fingerprint density at radius 3 is 2.29 bits per heavy atom. The van der Waals surface area contributed by atoms with E-state index in [0.717, 1.165) is 87.5 Å². The van der Waals surface area contributed by atoms with Gasteiger partial charge in [-0.25, -0.2) is 26.4 Å². The summed E-state index contributed by atoms with van der Waals surface area (Å²) in [6.45, 7) is 16.7. The molecule has 3 fully saturated rings. The first-order chi connectivity index (χ1) is 36.3. The van der Waals surface area contributed by atoms with Crippen LogP contribution in [0.2, 0.25) is 5.02 Å². The number of carbonyl (C=O) groups excluding carboxylic acids is 2. The molecule has 77 heavy (non-hydrogen) atoms. The van der Waals surface area contributed by atoms with Crippen molar-refractivity contribution in [3.63, 3.8) is 0 Å². The Morgan fingerprint density at radius 1 is 0.883 bits per heavy atom. The van der Waals surface area contributed by atoms with Crippen LogP contribution in [0.1, 0.15) is 89.1 Å². The third-order valence-corrected chi connectivity index (χ3v) is 19.6. The molecule has 0 radical (unpaired) electrons. The average Bonchev–Trinajstić information content (AvgIpc) is 3.38. The lowest BCUT2D eigenvalue weighted by molar-refractivity contribution is -0.0516. The quantitative estimate of drug-likeness (QED) is 0.109. The number of benzene rings is 4. The molecule has 21 heteroatoms. The molecule has 9 rings (SSSR count). The molecule has 4 aromatic rings. The number of anilines is 2. The monoisotopic (exact) mass is 1140 g/mol. The molecule has 4 aromatic carbocycles. The van der Waals surface area contributed by atoms with Gasteiger partial charge in [0.2, 0.25) is 0 Å². The predicted molar refractivity (Wildman–Crippen MR) is 295 cm³/mol. The summed E-state index contributed by atoms with van der Waals surface area (Å²) < 4.78 is 111. The maximum atomic E-state index is 14.5. The minimum absolute atomic E-state index is 0.0151. The second-order valence-corrected chi connectivity index (χ2v) is 28.1. The minimum Gasteiger partial charge on any atom is -0.489 e. The zero-order valence-electron chi connectivity index (χ0n) is 44.1. The van der Waals surface area contributed by atoms with Crippen LogP contribution >= 0.6 is 23.4 Å². The fourth-order valence-electron chi connectivity index (χ4n) is 11.3. The Bertz CT molecular complexity index is 3090.